The van der Waals surface area contributed by atoms with Gasteiger partial charge in [0, 0.05) is 0 Å². The van der Waals surface area contributed by atoms with Crippen LogP contribution < -0.4 is 97.9 Å². The molecule has 0 aliphatic heterocycles. The van der Waals surface area contributed by atoms with Gasteiger partial charge in [0.1, 0.15) is 0 Å². The molecule has 0 saturated heterocycles. The minimum Gasteiger partial charge on any atom is -0.790 e. The van der Waals surface area contributed by atoms with Crippen molar-refractivity contribution >= 4 is 240 Å². The molecule has 0 fully saturated rings. The Hall–Kier alpha value is 6.49. The smallest absolute Gasteiger partial charge is 0.790 e. The third kappa shape index (κ3) is 140. The summed E-state index contributed by atoms with van der Waals surface area (Å²) in [6.07, 6.45) is 0. The fourth-order valence-electron chi connectivity index (χ4n) is 0.612. The molecule has 0 aromatic rings. The molecule has 53 heteroatoms. The molecule has 0 aliphatic carbocycles. The van der Waals surface area contributed by atoms with E-state index in [1.165, 1.54) is 0 Å². The van der Waals surface area contributed by atoms with E-state index in [1.807, 2.05) is 0 Å². The van der Waals surface area contributed by atoms with Gasteiger partial charge in [-0.3, -0.25) is 0 Å². The van der Waals surface area contributed by atoms with E-state index in [4.69, 9.17) is 0 Å². The summed E-state index contributed by atoms with van der Waals surface area (Å²) in [5, 5.41) is 0. The van der Waals surface area contributed by atoms with Gasteiger partial charge in [-0.1, -0.05) is 0 Å². The molecule has 0 heterocycles. The summed E-state index contributed by atoms with van der Waals surface area (Å²) in [5.74, 6) is 0. The first-order valence-corrected chi connectivity index (χ1v) is 21.9. The van der Waals surface area contributed by atoms with E-state index in [2.05, 4.69) is 21.6 Å². The van der Waals surface area contributed by atoms with Crippen LogP contribution in [0.3, 0.4) is 0 Å². The average molecular weight is 1070 g/mol. The first kappa shape index (κ1) is 94.2. The first-order chi connectivity index (χ1) is 18.5. The Kier molecular flexibility index (Phi) is 67.2. The maximum absolute atomic E-state index is 9.32. The third-order valence-electron chi connectivity index (χ3n) is 1.000. The van der Waals surface area contributed by atoms with E-state index in [-0.39, 0.29) is 162 Å². The first-order valence-electron chi connectivity index (χ1n) is 7.30. The molecule has 0 atom stereocenters. The van der Waals surface area contributed by atoms with Crippen LogP contribution in [0.4, 0.5) is 0 Å². The van der Waals surface area contributed by atoms with Crippen LogP contribution in [-0.4, -0.2) is 162 Å². The van der Waals surface area contributed by atoms with Crippen LogP contribution >= 0.6 is 78.2 Å². The summed E-state index contributed by atoms with van der Waals surface area (Å²) in [5.41, 5.74) is 0. The predicted molar refractivity (Wildman–Crippen MR) is 128 cm³/mol. The van der Waals surface area contributed by atoms with Gasteiger partial charge in [0.2, 0.25) is 0 Å². The quantitative estimate of drug-likeness (QED) is 0.145. The molecule has 0 N–H and O–H groups in total. The molecule has 0 unspecified atom stereocenters. The summed E-state index contributed by atoms with van der Waals surface area (Å²) in [7, 11) is -56.8. The SMILES string of the molecule is O=P([O-])([O-])OP(=O)([O-])[O-].O=P([O-])([O-])OP(=O)([O-])[O-].O=P([O-])([O-])OP(=O)([O-])[O-].O=P([O-])([O-])OP(=O)([O-])[O-].O=P([O-])([O-])OP(=O)([O-])[O-].[Al+3].[Al+3].[Al+3].[Al+3].[Mg+2].[Mg+2].[Mg+2].[Mg+2]. The Balaban J connectivity index is -0.0000000331. The van der Waals surface area contributed by atoms with Crippen LogP contribution in [0.2, 0.25) is 0 Å². The standard InChI is InChI=1S/4Al.4Mg.5H4O7P2/c;;;;;;;;5*1-8(2,3)7-9(4,5)6/h;;;;;;;;5*(H2,1,2,3)(H2,4,5,6)/q4*+3;4*+2;;;;;/p-20. The van der Waals surface area contributed by atoms with E-state index >= 15 is 0 Å². The molecular weight excluding hydrogens is 1070 g/mol. The van der Waals surface area contributed by atoms with E-state index in [9.17, 15) is 144 Å². The van der Waals surface area contributed by atoms with E-state index in [0.717, 1.165) is 0 Å². The van der Waals surface area contributed by atoms with Gasteiger partial charge in [-0.25, -0.2) is 0 Å². The molecule has 0 aromatic heterocycles. The molecule has 53 heavy (non-hydrogen) atoms. The van der Waals surface area contributed by atoms with Crippen LogP contribution in [0.15, 0.2) is 0 Å². The summed E-state index contributed by atoms with van der Waals surface area (Å²) in [6, 6.07) is 0. The maximum atomic E-state index is 9.32. The van der Waals surface area contributed by atoms with E-state index < -0.39 is 78.2 Å². The van der Waals surface area contributed by atoms with Crippen molar-refractivity contribution in [2.75, 3.05) is 0 Å². The van der Waals surface area contributed by atoms with Crippen molar-refractivity contribution in [2.45, 2.75) is 0 Å². The van der Waals surface area contributed by atoms with Crippen molar-refractivity contribution < 1.29 is 165 Å². The molecule has 0 saturated carbocycles. The van der Waals surface area contributed by atoms with Gasteiger partial charge >= 0.3 is 162 Å². The molecule has 0 spiro atoms. The van der Waals surface area contributed by atoms with Gasteiger partial charge < -0.3 is 165 Å². The van der Waals surface area contributed by atoms with Crippen molar-refractivity contribution in [3.8, 4) is 0 Å². The molecule has 280 valence electrons. The van der Waals surface area contributed by atoms with Crippen LogP contribution in [-0.2, 0) is 67.2 Å². The van der Waals surface area contributed by atoms with Gasteiger partial charge in [0.05, 0.1) is 78.2 Å². The Morgan fingerprint density at radius 3 is 0.226 bits per heavy atom. The zero-order chi connectivity index (χ0) is 38.5. The van der Waals surface area contributed by atoms with Crippen molar-refractivity contribution in [3.05, 3.63) is 0 Å². The minimum absolute atomic E-state index is 0. The van der Waals surface area contributed by atoms with Crippen LogP contribution in [0.5, 0.6) is 0 Å². The van der Waals surface area contributed by atoms with E-state index in [0.29, 0.717) is 0 Å². The fraction of sp³-hybridized carbons (Fsp3) is 0. The summed E-state index contributed by atoms with van der Waals surface area (Å²) in [6.45, 7) is 0. The molecule has 0 aliphatic rings. The van der Waals surface area contributed by atoms with Crippen molar-refractivity contribution in [2.24, 2.45) is 0 Å². The zero-order valence-corrected chi connectivity index (χ0v) is 43.1. The Bertz CT molecular complexity index is 1020. The summed E-state index contributed by atoms with van der Waals surface area (Å²) >= 11 is 0. The Morgan fingerprint density at radius 1 is 0.189 bits per heavy atom. The molecule has 0 aromatic carbocycles. The molecule has 35 nitrogen and oxygen atoms in total. The van der Waals surface area contributed by atoms with Gasteiger partial charge in [-0.2, -0.15) is 0 Å². The maximum Gasteiger partial charge on any atom is 3.00 e. The van der Waals surface area contributed by atoms with Crippen LogP contribution in [0, 0.1) is 0 Å². The predicted octanol–water partition coefficient (Wildman–Crippen LogP) is -19.7. The number of hydrogen-bond donors (Lipinski definition) is 0. The normalized spacial score (nSPS) is 11.7. The number of hydrogen-bond acceptors (Lipinski definition) is 35. The van der Waals surface area contributed by atoms with Crippen LogP contribution in [0.25, 0.3) is 0 Å². The second-order valence-electron chi connectivity index (χ2n) is 4.88. The molecular formula is Al4Mg4O35P10. The van der Waals surface area contributed by atoms with E-state index in [1.54, 1.807) is 0 Å². The fourth-order valence-corrected chi connectivity index (χ4v) is 5.51. The number of phosphoric acid groups is 10. The molecule has 0 amide bonds. The second-order valence-corrected chi connectivity index (χ2v) is 17.1. The van der Waals surface area contributed by atoms with Gasteiger partial charge in [-0.05, 0) is 0 Å². The Morgan fingerprint density at radius 2 is 0.226 bits per heavy atom. The zero-order valence-electron chi connectivity index (χ0n) is 23.9. The summed E-state index contributed by atoms with van der Waals surface area (Å²) < 4.78 is 106. The van der Waals surface area contributed by atoms with Gasteiger partial charge in [0.25, 0.3) is 0 Å². The summed E-state index contributed by atoms with van der Waals surface area (Å²) in [4.78, 5) is 186. The Labute approximate surface area is 400 Å². The van der Waals surface area contributed by atoms with Crippen molar-refractivity contribution in [1.29, 1.82) is 0 Å². The topological polar surface area (TPSA) is 678 Å². The third-order valence-corrected chi connectivity index (χ3v) is 9.00. The average Bonchev–Trinajstić information content (AvgIpc) is 2.36. The number of rotatable bonds is 10. The minimum atomic E-state index is -5.68. The van der Waals surface area contributed by atoms with Crippen molar-refractivity contribution in [1.82, 2.24) is 0 Å². The van der Waals surface area contributed by atoms with Crippen LogP contribution in [0.1, 0.15) is 0 Å². The second kappa shape index (κ2) is 37.8. The van der Waals surface area contributed by atoms with Crippen molar-refractivity contribution in [3.63, 3.8) is 0 Å². The van der Waals surface area contributed by atoms with Gasteiger partial charge in [-0.15, -0.1) is 0 Å². The van der Waals surface area contributed by atoms with Gasteiger partial charge in [0.15, 0.2) is 0 Å². The molecule has 0 radical (unpaired) electrons. The molecule has 0 rings (SSSR count). The molecule has 0 bridgehead atoms. The monoisotopic (exact) mass is 1070 g/mol. The largest absolute Gasteiger partial charge is 3.00 e.